The van der Waals surface area contributed by atoms with Crippen LogP contribution < -0.4 is 5.32 Å². The Hall–Kier alpha value is -2.37. The molecule has 1 atom stereocenters. The lowest BCUT2D eigenvalue weighted by molar-refractivity contribution is -0.137. The number of nitrogens with one attached hydrogen (secondary N) is 1. The SMILES string of the molecule is CC(CCC(=O)O)CNC(=O)Cn1cnc2ccccc21. The lowest BCUT2D eigenvalue weighted by Gasteiger charge is -2.12. The van der Waals surface area contributed by atoms with Gasteiger partial charge in [0.2, 0.25) is 5.91 Å². The largest absolute Gasteiger partial charge is 0.481 e. The minimum atomic E-state index is -0.807. The fourth-order valence-electron chi connectivity index (χ4n) is 2.11. The van der Waals surface area contributed by atoms with Crippen molar-refractivity contribution in [3.63, 3.8) is 0 Å². The van der Waals surface area contributed by atoms with Gasteiger partial charge in [-0.1, -0.05) is 19.1 Å². The van der Waals surface area contributed by atoms with E-state index in [4.69, 9.17) is 5.11 Å². The monoisotopic (exact) mass is 289 g/mol. The maximum Gasteiger partial charge on any atom is 0.303 e. The highest BCUT2D eigenvalue weighted by atomic mass is 16.4. The number of rotatable bonds is 7. The summed E-state index contributed by atoms with van der Waals surface area (Å²) in [6, 6.07) is 7.64. The van der Waals surface area contributed by atoms with Gasteiger partial charge in [-0.3, -0.25) is 9.59 Å². The van der Waals surface area contributed by atoms with Crippen LogP contribution in [-0.4, -0.2) is 33.1 Å². The van der Waals surface area contributed by atoms with Crippen molar-refractivity contribution in [3.05, 3.63) is 30.6 Å². The number of aromatic nitrogens is 2. The molecular weight excluding hydrogens is 270 g/mol. The predicted octanol–water partition coefficient (Wildman–Crippen LogP) is 1.65. The van der Waals surface area contributed by atoms with Gasteiger partial charge in [-0.25, -0.2) is 4.98 Å². The van der Waals surface area contributed by atoms with Crippen LogP contribution in [0.15, 0.2) is 30.6 Å². The number of carbonyl (C=O) groups is 2. The van der Waals surface area contributed by atoms with Crippen LogP contribution in [0.5, 0.6) is 0 Å². The average molecular weight is 289 g/mol. The van der Waals surface area contributed by atoms with Gasteiger partial charge in [0.15, 0.2) is 0 Å². The Balaban J connectivity index is 1.83. The fraction of sp³-hybridized carbons (Fsp3) is 0.400. The second kappa shape index (κ2) is 6.88. The van der Waals surface area contributed by atoms with Crippen LogP contribution in [0.3, 0.4) is 0 Å². The van der Waals surface area contributed by atoms with E-state index < -0.39 is 5.97 Å². The summed E-state index contributed by atoms with van der Waals surface area (Å²) in [5.74, 6) is -0.761. The van der Waals surface area contributed by atoms with Crippen LogP contribution in [0.1, 0.15) is 19.8 Å². The topological polar surface area (TPSA) is 84.2 Å². The van der Waals surface area contributed by atoms with E-state index in [1.807, 2.05) is 31.2 Å². The Bertz CT molecular complexity index is 636. The molecule has 0 saturated heterocycles. The van der Waals surface area contributed by atoms with Gasteiger partial charge >= 0.3 is 5.97 Å². The molecule has 6 nitrogen and oxygen atoms in total. The van der Waals surface area contributed by atoms with Gasteiger partial charge < -0.3 is 15.0 Å². The van der Waals surface area contributed by atoms with Crippen molar-refractivity contribution in [3.8, 4) is 0 Å². The van der Waals surface area contributed by atoms with Crippen LogP contribution in [0, 0.1) is 5.92 Å². The molecule has 0 radical (unpaired) electrons. The van der Waals surface area contributed by atoms with Crippen LogP contribution >= 0.6 is 0 Å². The highest BCUT2D eigenvalue weighted by molar-refractivity contribution is 5.80. The maximum absolute atomic E-state index is 11.9. The number of benzene rings is 1. The summed E-state index contributed by atoms with van der Waals surface area (Å²) in [5, 5.41) is 11.4. The lowest BCUT2D eigenvalue weighted by atomic mass is 10.1. The van der Waals surface area contributed by atoms with Crippen molar-refractivity contribution in [2.45, 2.75) is 26.3 Å². The zero-order valence-electron chi connectivity index (χ0n) is 12.0. The van der Waals surface area contributed by atoms with E-state index in [0.717, 1.165) is 11.0 Å². The summed E-state index contributed by atoms with van der Waals surface area (Å²) in [7, 11) is 0. The first-order chi connectivity index (χ1) is 10.1. The van der Waals surface area contributed by atoms with E-state index in [9.17, 15) is 9.59 Å². The number of carboxylic acids is 1. The summed E-state index contributed by atoms with van der Waals surface area (Å²) >= 11 is 0. The molecule has 1 heterocycles. The molecule has 0 bridgehead atoms. The molecule has 1 aromatic heterocycles. The summed E-state index contributed by atoms with van der Waals surface area (Å²) in [4.78, 5) is 26.6. The molecule has 112 valence electrons. The third-order valence-corrected chi connectivity index (χ3v) is 3.34. The Morgan fingerprint density at radius 1 is 1.38 bits per heavy atom. The molecule has 1 unspecified atom stereocenters. The Morgan fingerprint density at radius 3 is 2.90 bits per heavy atom. The van der Waals surface area contributed by atoms with Gasteiger partial charge in [-0.15, -0.1) is 0 Å². The molecule has 1 amide bonds. The molecule has 0 aliphatic carbocycles. The van der Waals surface area contributed by atoms with Crippen molar-refractivity contribution >= 4 is 22.9 Å². The van der Waals surface area contributed by atoms with Crippen LogP contribution in [0.2, 0.25) is 0 Å². The van der Waals surface area contributed by atoms with Gasteiger partial charge in [-0.05, 0) is 24.5 Å². The molecule has 0 saturated carbocycles. The number of carboxylic acid groups (broad SMARTS) is 1. The van der Waals surface area contributed by atoms with Gasteiger partial charge in [-0.2, -0.15) is 0 Å². The van der Waals surface area contributed by atoms with Gasteiger partial charge in [0, 0.05) is 13.0 Å². The molecule has 1 aromatic carbocycles. The first-order valence-corrected chi connectivity index (χ1v) is 6.94. The van der Waals surface area contributed by atoms with E-state index in [2.05, 4.69) is 10.3 Å². The first kappa shape index (κ1) is 15.0. The molecule has 2 N–H and O–H groups in total. The molecule has 0 spiro atoms. The smallest absolute Gasteiger partial charge is 0.303 e. The molecule has 6 heteroatoms. The summed E-state index contributed by atoms with van der Waals surface area (Å²) in [6.45, 7) is 2.63. The Labute approximate surface area is 122 Å². The van der Waals surface area contributed by atoms with Crippen LogP contribution in [-0.2, 0) is 16.1 Å². The third-order valence-electron chi connectivity index (χ3n) is 3.34. The molecule has 2 rings (SSSR count). The third kappa shape index (κ3) is 4.30. The molecule has 0 fully saturated rings. The molecule has 21 heavy (non-hydrogen) atoms. The van der Waals surface area contributed by atoms with Crippen molar-refractivity contribution in [1.29, 1.82) is 0 Å². The molecule has 0 aliphatic rings. The highest BCUT2D eigenvalue weighted by Crippen LogP contribution is 2.11. The Morgan fingerprint density at radius 2 is 2.14 bits per heavy atom. The number of carbonyl (C=O) groups excluding carboxylic acids is 1. The van der Waals surface area contributed by atoms with E-state index in [0.29, 0.717) is 13.0 Å². The summed E-state index contributed by atoms with van der Waals surface area (Å²) in [5.41, 5.74) is 1.78. The average Bonchev–Trinajstić information content (AvgIpc) is 2.86. The van der Waals surface area contributed by atoms with Gasteiger partial charge in [0.05, 0.1) is 17.4 Å². The van der Waals surface area contributed by atoms with Crippen molar-refractivity contribution in [2.75, 3.05) is 6.54 Å². The quantitative estimate of drug-likeness (QED) is 0.811. The normalized spacial score (nSPS) is 12.2. The number of hydrogen-bond acceptors (Lipinski definition) is 3. The zero-order chi connectivity index (χ0) is 15.2. The number of hydrogen-bond donors (Lipinski definition) is 2. The van der Waals surface area contributed by atoms with Crippen molar-refractivity contribution in [1.82, 2.24) is 14.9 Å². The summed E-state index contributed by atoms with van der Waals surface area (Å²) < 4.78 is 1.80. The van der Waals surface area contributed by atoms with Crippen molar-refractivity contribution in [2.24, 2.45) is 5.92 Å². The second-order valence-corrected chi connectivity index (χ2v) is 5.20. The molecule has 2 aromatic rings. The van der Waals surface area contributed by atoms with Crippen molar-refractivity contribution < 1.29 is 14.7 Å². The first-order valence-electron chi connectivity index (χ1n) is 6.94. The molecule has 0 aliphatic heterocycles. The van der Waals surface area contributed by atoms with Crippen LogP contribution in [0.4, 0.5) is 0 Å². The molecular formula is C15H19N3O3. The number of aliphatic carboxylic acids is 1. The van der Waals surface area contributed by atoms with E-state index >= 15 is 0 Å². The summed E-state index contributed by atoms with van der Waals surface area (Å²) in [6.07, 6.45) is 2.34. The number of para-hydroxylation sites is 2. The minimum Gasteiger partial charge on any atom is -0.481 e. The number of nitrogens with zero attached hydrogens (tertiary/aromatic N) is 2. The number of fused-ring (bicyclic) bond motifs is 1. The minimum absolute atomic E-state index is 0.0969. The zero-order valence-corrected chi connectivity index (χ0v) is 12.0. The second-order valence-electron chi connectivity index (χ2n) is 5.20. The van der Waals surface area contributed by atoms with E-state index in [1.165, 1.54) is 0 Å². The standard InChI is InChI=1S/C15H19N3O3/c1-11(6-7-15(20)21)8-16-14(19)9-18-10-17-12-4-2-3-5-13(12)18/h2-5,10-11H,6-9H2,1H3,(H,16,19)(H,20,21). The Kier molecular flexibility index (Phi) is 4.92. The predicted molar refractivity (Wildman–Crippen MR) is 78.8 cm³/mol. The van der Waals surface area contributed by atoms with Gasteiger partial charge in [0.1, 0.15) is 6.54 Å². The number of imidazole rings is 1. The van der Waals surface area contributed by atoms with Gasteiger partial charge in [0.25, 0.3) is 0 Å². The van der Waals surface area contributed by atoms with E-state index in [1.54, 1.807) is 10.9 Å². The number of amides is 1. The van der Waals surface area contributed by atoms with Crippen LogP contribution in [0.25, 0.3) is 11.0 Å². The maximum atomic E-state index is 11.9. The fourth-order valence-corrected chi connectivity index (χ4v) is 2.11. The lowest BCUT2D eigenvalue weighted by Crippen LogP contribution is -2.31. The highest BCUT2D eigenvalue weighted by Gasteiger charge is 2.09. The van der Waals surface area contributed by atoms with E-state index in [-0.39, 0.29) is 24.8 Å².